The van der Waals surface area contributed by atoms with Crippen molar-refractivity contribution in [2.75, 3.05) is 0 Å². The Morgan fingerprint density at radius 3 is 2.35 bits per heavy atom. The fourth-order valence-corrected chi connectivity index (χ4v) is 2.15. The third-order valence-corrected chi connectivity index (χ3v) is 3.10. The maximum Gasteiger partial charge on any atom is 0.307 e. The van der Waals surface area contributed by atoms with Crippen molar-refractivity contribution in [3.05, 3.63) is 53.6 Å². The first-order valence-corrected chi connectivity index (χ1v) is 6.29. The molecule has 0 aliphatic rings. The Kier molecular flexibility index (Phi) is 4.05. The molecular weight excluding hydrogens is 256 g/mol. The van der Waals surface area contributed by atoms with E-state index < -0.39 is 12.1 Å². The first-order chi connectivity index (χ1) is 9.47. The van der Waals surface area contributed by atoms with Crippen LogP contribution in [0, 0.1) is 0 Å². The molecule has 104 valence electrons. The third kappa shape index (κ3) is 3.16. The van der Waals surface area contributed by atoms with Gasteiger partial charge in [-0.05, 0) is 41.3 Å². The van der Waals surface area contributed by atoms with E-state index in [1.165, 1.54) is 0 Å². The monoisotopic (exact) mass is 272 g/mol. The number of aliphatic carboxylic acids is 1. The summed E-state index contributed by atoms with van der Waals surface area (Å²) in [4.78, 5) is 10.8. The third-order valence-electron chi connectivity index (χ3n) is 3.10. The number of hydrogen-bond donors (Lipinski definition) is 3. The van der Waals surface area contributed by atoms with Crippen LogP contribution < -0.4 is 0 Å². The first-order valence-electron chi connectivity index (χ1n) is 6.29. The highest BCUT2D eigenvalue weighted by Gasteiger charge is 2.12. The van der Waals surface area contributed by atoms with Crippen LogP contribution in [0.25, 0.3) is 11.1 Å². The summed E-state index contributed by atoms with van der Waals surface area (Å²) in [6.07, 6.45) is -0.775. The summed E-state index contributed by atoms with van der Waals surface area (Å²) in [6, 6.07) is 11.9. The maximum atomic E-state index is 10.8. The number of phenols is 1. The molecule has 0 saturated heterocycles. The summed E-state index contributed by atoms with van der Waals surface area (Å²) < 4.78 is 0. The van der Waals surface area contributed by atoms with E-state index in [1.807, 2.05) is 0 Å². The van der Waals surface area contributed by atoms with E-state index in [0.717, 1.165) is 11.1 Å². The predicted molar refractivity (Wildman–Crippen MR) is 75.5 cm³/mol. The molecule has 0 radical (unpaired) electrons. The van der Waals surface area contributed by atoms with Gasteiger partial charge in [-0.1, -0.05) is 30.3 Å². The van der Waals surface area contributed by atoms with E-state index in [9.17, 15) is 15.0 Å². The lowest BCUT2D eigenvalue weighted by atomic mass is 9.94. The molecule has 0 saturated carbocycles. The summed E-state index contributed by atoms with van der Waals surface area (Å²) in [7, 11) is 0. The highest BCUT2D eigenvalue weighted by Crippen LogP contribution is 2.30. The second-order valence-electron chi connectivity index (χ2n) is 4.71. The zero-order valence-electron chi connectivity index (χ0n) is 11.1. The molecule has 0 aliphatic carbocycles. The Labute approximate surface area is 116 Å². The molecule has 0 spiro atoms. The molecule has 0 bridgehead atoms. The molecule has 3 N–H and O–H groups in total. The van der Waals surface area contributed by atoms with Gasteiger partial charge in [0, 0.05) is 0 Å². The number of aromatic hydroxyl groups is 1. The lowest BCUT2D eigenvalue weighted by Crippen LogP contribution is -2.03. The second kappa shape index (κ2) is 5.75. The first kappa shape index (κ1) is 14.1. The number of benzene rings is 2. The average Bonchev–Trinajstić information content (AvgIpc) is 2.39. The van der Waals surface area contributed by atoms with Gasteiger partial charge in [-0.15, -0.1) is 0 Å². The summed E-state index contributed by atoms with van der Waals surface area (Å²) in [5, 5.41) is 28.0. The van der Waals surface area contributed by atoms with Gasteiger partial charge in [0.1, 0.15) is 5.75 Å². The van der Waals surface area contributed by atoms with Gasteiger partial charge in [-0.2, -0.15) is 0 Å². The molecule has 0 amide bonds. The summed E-state index contributed by atoms with van der Waals surface area (Å²) in [5.41, 5.74) is 3.01. The fraction of sp³-hybridized carbons (Fsp3) is 0.188. The maximum absolute atomic E-state index is 10.8. The zero-order chi connectivity index (χ0) is 14.7. The molecule has 20 heavy (non-hydrogen) atoms. The van der Waals surface area contributed by atoms with Gasteiger partial charge >= 0.3 is 5.97 Å². The fourth-order valence-electron chi connectivity index (χ4n) is 2.15. The van der Waals surface area contributed by atoms with Gasteiger partial charge in [0.15, 0.2) is 0 Å². The predicted octanol–water partition coefficient (Wildman–Crippen LogP) is 2.74. The van der Waals surface area contributed by atoms with Crippen LogP contribution in [-0.2, 0) is 11.2 Å². The van der Waals surface area contributed by atoms with E-state index >= 15 is 0 Å². The Balaban J connectivity index is 2.47. The quantitative estimate of drug-likeness (QED) is 0.799. The SMILES string of the molecule is CC(O)c1cc(CC(=O)O)ccc1-c1ccc(O)cc1. The Hall–Kier alpha value is -2.33. The molecule has 2 aromatic carbocycles. The number of aliphatic hydroxyl groups excluding tert-OH is 1. The molecule has 2 aromatic rings. The van der Waals surface area contributed by atoms with E-state index in [2.05, 4.69) is 0 Å². The Bertz CT molecular complexity index is 615. The van der Waals surface area contributed by atoms with E-state index in [-0.39, 0.29) is 12.2 Å². The van der Waals surface area contributed by atoms with Gasteiger partial charge in [-0.25, -0.2) is 0 Å². The number of carboxylic acids is 1. The molecule has 0 aromatic heterocycles. The Morgan fingerprint density at radius 2 is 1.80 bits per heavy atom. The van der Waals surface area contributed by atoms with Crippen molar-refractivity contribution in [3.63, 3.8) is 0 Å². The molecule has 1 unspecified atom stereocenters. The molecule has 0 aliphatic heterocycles. The molecule has 0 fully saturated rings. The van der Waals surface area contributed by atoms with Crippen LogP contribution in [0.5, 0.6) is 5.75 Å². The largest absolute Gasteiger partial charge is 0.508 e. The zero-order valence-corrected chi connectivity index (χ0v) is 11.1. The molecule has 0 heterocycles. The van der Waals surface area contributed by atoms with Crippen molar-refractivity contribution in [1.82, 2.24) is 0 Å². The molecule has 2 rings (SSSR count). The van der Waals surface area contributed by atoms with Crippen molar-refractivity contribution in [2.45, 2.75) is 19.4 Å². The molecule has 4 nitrogen and oxygen atoms in total. The van der Waals surface area contributed by atoms with Gasteiger partial charge in [0.05, 0.1) is 12.5 Å². The smallest absolute Gasteiger partial charge is 0.307 e. The van der Waals surface area contributed by atoms with Crippen molar-refractivity contribution < 1.29 is 20.1 Å². The standard InChI is InChI=1S/C16H16O4/c1-10(17)15-8-11(9-16(19)20)2-7-14(15)12-3-5-13(18)6-4-12/h2-8,10,17-18H,9H2,1H3,(H,19,20). The van der Waals surface area contributed by atoms with Crippen LogP contribution >= 0.6 is 0 Å². The van der Waals surface area contributed by atoms with E-state index in [1.54, 1.807) is 49.4 Å². The van der Waals surface area contributed by atoms with E-state index in [4.69, 9.17) is 5.11 Å². The molecule has 4 heteroatoms. The lowest BCUT2D eigenvalue weighted by Gasteiger charge is -2.14. The van der Waals surface area contributed by atoms with Crippen molar-refractivity contribution in [2.24, 2.45) is 0 Å². The van der Waals surface area contributed by atoms with Crippen LogP contribution in [0.3, 0.4) is 0 Å². The van der Waals surface area contributed by atoms with Gasteiger partial charge in [0.25, 0.3) is 0 Å². The normalized spacial score (nSPS) is 12.1. The van der Waals surface area contributed by atoms with Crippen LogP contribution in [0.15, 0.2) is 42.5 Å². The number of phenolic OH excluding ortho intramolecular Hbond substituents is 1. The van der Waals surface area contributed by atoms with Crippen molar-refractivity contribution in [3.8, 4) is 16.9 Å². The number of carboxylic acid groups (broad SMARTS) is 1. The topological polar surface area (TPSA) is 77.8 Å². The lowest BCUT2D eigenvalue weighted by molar-refractivity contribution is -0.136. The van der Waals surface area contributed by atoms with Crippen LogP contribution in [0.1, 0.15) is 24.2 Å². The summed E-state index contributed by atoms with van der Waals surface area (Å²) in [6.45, 7) is 1.64. The minimum atomic E-state index is -0.904. The van der Waals surface area contributed by atoms with Gasteiger partial charge in [0.2, 0.25) is 0 Å². The van der Waals surface area contributed by atoms with Crippen molar-refractivity contribution in [1.29, 1.82) is 0 Å². The van der Waals surface area contributed by atoms with Crippen LogP contribution in [0.2, 0.25) is 0 Å². The number of rotatable bonds is 4. The summed E-state index contributed by atoms with van der Waals surface area (Å²) in [5.74, 6) is -0.728. The van der Waals surface area contributed by atoms with Gasteiger partial charge < -0.3 is 15.3 Å². The summed E-state index contributed by atoms with van der Waals surface area (Å²) >= 11 is 0. The van der Waals surface area contributed by atoms with E-state index in [0.29, 0.717) is 11.1 Å². The highest BCUT2D eigenvalue weighted by atomic mass is 16.4. The van der Waals surface area contributed by atoms with Crippen LogP contribution in [0.4, 0.5) is 0 Å². The minimum Gasteiger partial charge on any atom is -0.508 e. The molecular formula is C16H16O4. The average molecular weight is 272 g/mol. The van der Waals surface area contributed by atoms with Crippen LogP contribution in [-0.4, -0.2) is 21.3 Å². The highest BCUT2D eigenvalue weighted by molar-refractivity contribution is 5.73. The Morgan fingerprint density at radius 1 is 1.15 bits per heavy atom. The second-order valence-corrected chi connectivity index (χ2v) is 4.71. The van der Waals surface area contributed by atoms with Gasteiger partial charge in [-0.3, -0.25) is 4.79 Å². The molecule has 1 atom stereocenters. The minimum absolute atomic E-state index is 0.0738. The van der Waals surface area contributed by atoms with Crippen molar-refractivity contribution >= 4 is 5.97 Å². The number of carbonyl (C=O) groups is 1. The number of hydrogen-bond acceptors (Lipinski definition) is 3. The number of aliphatic hydroxyl groups is 1.